The van der Waals surface area contributed by atoms with Crippen LogP contribution in [0.1, 0.15) is 19.8 Å². The minimum absolute atomic E-state index is 0.341. The van der Waals surface area contributed by atoms with Crippen molar-refractivity contribution in [2.24, 2.45) is 0 Å². The number of aromatic amines is 1. The first-order valence-corrected chi connectivity index (χ1v) is 8.34. The third-order valence-electron chi connectivity index (χ3n) is 3.05. The Morgan fingerprint density at radius 3 is 2.50 bits per heavy atom. The third-order valence-corrected chi connectivity index (χ3v) is 4.42. The van der Waals surface area contributed by atoms with Crippen LogP contribution in [0.25, 0.3) is 0 Å². The molecule has 0 amide bonds. The number of nitrogens with one attached hydrogen (secondary N) is 2. The van der Waals surface area contributed by atoms with Gasteiger partial charge in [0.15, 0.2) is 4.90 Å². The third kappa shape index (κ3) is 3.64. The molecule has 0 unspecified atom stereocenters. The van der Waals surface area contributed by atoms with E-state index in [1.165, 1.54) is 4.57 Å². The summed E-state index contributed by atoms with van der Waals surface area (Å²) < 4.78 is 28.1. The molecule has 7 nitrogen and oxygen atoms in total. The van der Waals surface area contributed by atoms with Crippen LogP contribution >= 0.6 is 0 Å². The number of H-pyrrole nitrogens is 1. The fourth-order valence-corrected chi connectivity index (χ4v) is 3.01. The summed E-state index contributed by atoms with van der Waals surface area (Å²) in [4.78, 5) is 25.1. The van der Waals surface area contributed by atoms with E-state index in [0.717, 1.165) is 12.6 Å². The fraction of sp³-hybridized carbons (Fsp3) is 0.286. The molecule has 1 aromatic carbocycles. The highest BCUT2D eigenvalue weighted by Crippen LogP contribution is 2.12. The highest BCUT2D eigenvalue weighted by Gasteiger charge is 2.20. The SMILES string of the molecule is CCCCn1cc(S(=O)(=O)Nc2ccccc2)c(=O)[nH]c1=O. The second kappa shape index (κ2) is 6.61. The highest BCUT2D eigenvalue weighted by molar-refractivity contribution is 7.92. The van der Waals surface area contributed by atoms with Gasteiger partial charge in [0.1, 0.15) is 0 Å². The van der Waals surface area contributed by atoms with Crippen LogP contribution in [-0.2, 0) is 16.6 Å². The van der Waals surface area contributed by atoms with Crippen molar-refractivity contribution < 1.29 is 8.42 Å². The van der Waals surface area contributed by atoms with Crippen LogP contribution in [0.4, 0.5) is 5.69 Å². The van der Waals surface area contributed by atoms with Gasteiger partial charge in [0.05, 0.1) is 0 Å². The zero-order chi connectivity index (χ0) is 16.2. The molecule has 1 heterocycles. The zero-order valence-corrected chi connectivity index (χ0v) is 12.9. The Morgan fingerprint density at radius 1 is 1.18 bits per heavy atom. The van der Waals surface area contributed by atoms with E-state index < -0.39 is 26.2 Å². The summed E-state index contributed by atoms with van der Waals surface area (Å²) in [6.45, 7) is 2.30. The standard InChI is InChI=1S/C14H17N3O4S/c1-2-3-9-17-10-12(13(18)15-14(17)19)22(20,21)16-11-7-5-4-6-8-11/h4-8,10,16H,2-3,9H2,1H3,(H,15,18,19). The Bertz CT molecular complexity index is 854. The van der Waals surface area contributed by atoms with Crippen LogP contribution in [0.15, 0.2) is 51.0 Å². The second-order valence-corrected chi connectivity index (χ2v) is 6.42. The van der Waals surface area contributed by atoms with Gasteiger partial charge in [-0.2, -0.15) is 0 Å². The van der Waals surface area contributed by atoms with Crippen LogP contribution in [0, 0.1) is 0 Å². The Labute approximate surface area is 127 Å². The molecule has 22 heavy (non-hydrogen) atoms. The molecule has 2 rings (SSSR count). The monoisotopic (exact) mass is 323 g/mol. The van der Waals surface area contributed by atoms with Gasteiger partial charge < -0.3 is 0 Å². The molecule has 2 N–H and O–H groups in total. The lowest BCUT2D eigenvalue weighted by Gasteiger charge is -2.09. The number of para-hydroxylation sites is 1. The minimum atomic E-state index is -4.06. The summed E-state index contributed by atoms with van der Waals surface area (Å²) in [6, 6.07) is 8.22. The lowest BCUT2D eigenvalue weighted by atomic mass is 10.3. The second-order valence-electron chi connectivity index (χ2n) is 4.77. The highest BCUT2D eigenvalue weighted by atomic mass is 32.2. The van der Waals surface area contributed by atoms with Gasteiger partial charge in [0.2, 0.25) is 0 Å². The van der Waals surface area contributed by atoms with E-state index >= 15 is 0 Å². The molecule has 0 bridgehead atoms. The van der Waals surface area contributed by atoms with Crippen LogP contribution in [0.5, 0.6) is 0 Å². The van der Waals surface area contributed by atoms with Gasteiger partial charge in [0.25, 0.3) is 15.6 Å². The van der Waals surface area contributed by atoms with Gasteiger partial charge in [-0.25, -0.2) is 13.2 Å². The van der Waals surface area contributed by atoms with E-state index in [-0.39, 0.29) is 0 Å². The predicted octanol–water partition coefficient (Wildman–Crippen LogP) is 1.14. The molecule has 118 valence electrons. The molecular formula is C14H17N3O4S. The Kier molecular flexibility index (Phi) is 4.81. The molecule has 0 radical (unpaired) electrons. The first kappa shape index (κ1) is 16.0. The van der Waals surface area contributed by atoms with Crippen LogP contribution in [0.2, 0.25) is 0 Å². The average molecular weight is 323 g/mol. The van der Waals surface area contributed by atoms with E-state index in [1.54, 1.807) is 30.3 Å². The van der Waals surface area contributed by atoms with E-state index in [9.17, 15) is 18.0 Å². The molecule has 2 aromatic rings. The van der Waals surface area contributed by atoms with Crippen molar-refractivity contribution in [3.8, 4) is 0 Å². The maximum atomic E-state index is 12.3. The van der Waals surface area contributed by atoms with Gasteiger partial charge in [-0.05, 0) is 18.6 Å². The van der Waals surface area contributed by atoms with Gasteiger partial charge in [-0.1, -0.05) is 31.5 Å². The molecule has 0 aliphatic carbocycles. The Morgan fingerprint density at radius 2 is 1.86 bits per heavy atom. The molecule has 8 heteroatoms. The fourth-order valence-electron chi connectivity index (χ4n) is 1.89. The lowest BCUT2D eigenvalue weighted by molar-refractivity contribution is 0.574. The summed E-state index contributed by atoms with van der Waals surface area (Å²) in [5, 5.41) is 0. The van der Waals surface area contributed by atoms with Crippen molar-refractivity contribution >= 4 is 15.7 Å². The van der Waals surface area contributed by atoms with Gasteiger partial charge in [0, 0.05) is 18.4 Å². The first-order valence-electron chi connectivity index (χ1n) is 6.85. The van der Waals surface area contributed by atoms with Gasteiger partial charge in [-0.15, -0.1) is 0 Å². The number of anilines is 1. The normalized spacial score (nSPS) is 11.3. The molecule has 0 aliphatic rings. The Hall–Kier alpha value is -2.35. The average Bonchev–Trinajstić information content (AvgIpc) is 2.46. The quantitative estimate of drug-likeness (QED) is 0.832. The lowest BCUT2D eigenvalue weighted by Crippen LogP contribution is -2.34. The molecule has 0 saturated heterocycles. The number of aromatic nitrogens is 2. The number of rotatable bonds is 6. The molecule has 0 fully saturated rings. The zero-order valence-electron chi connectivity index (χ0n) is 12.1. The number of benzene rings is 1. The van der Waals surface area contributed by atoms with Crippen molar-refractivity contribution in [3.05, 3.63) is 57.4 Å². The topological polar surface area (TPSA) is 101 Å². The molecule has 0 saturated carbocycles. The maximum Gasteiger partial charge on any atom is 0.328 e. The largest absolute Gasteiger partial charge is 0.328 e. The van der Waals surface area contributed by atoms with Crippen molar-refractivity contribution in [1.29, 1.82) is 0 Å². The maximum absolute atomic E-state index is 12.3. The number of hydrogen-bond acceptors (Lipinski definition) is 4. The summed E-state index contributed by atoms with van der Waals surface area (Å²) >= 11 is 0. The van der Waals surface area contributed by atoms with Crippen molar-refractivity contribution in [3.63, 3.8) is 0 Å². The summed E-state index contributed by atoms with van der Waals surface area (Å²) in [5.41, 5.74) is -1.20. The molecule has 0 atom stereocenters. The minimum Gasteiger partial charge on any atom is -0.299 e. The Balaban J connectivity index is 2.42. The molecule has 0 spiro atoms. The van der Waals surface area contributed by atoms with Crippen molar-refractivity contribution in [2.75, 3.05) is 4.72 Å². The van der Waals surface area contributed by atoms with Crippen LogP contribution in [0.3, 0.4) is 0 Å². The van der Waals surface area contributed by atoms with E-state index in [4.69, 9.17) is 0 Å². The number of sulfonamides is 1. The van der Waals surface area contributed by atoms with Gasteiger partial charge >= 0.3 is 5.69 Å². The predicted molar refractivity (Wildman–Crippen MR) is 83.5 cm³/mol. The summed E-state index contributed by atoms with van der Waals surface area (Å²) in [7, 11) is -4.06. The van der Waals surface area contributed by atoms with Gasteiger partial charge in [-0.3, -0.25) is 19.1 Å². The number of unbranched alkanes of at least 4 members (excludes halogenated alkanes) is 1. The van der Waals surface area contributed by atoms with Crippen molar-refractivity contribution in [2.45, 2.75) is 31.2 Å². The smallest absolute Gasteiger partial charge is 0.299 e. The molecule has 0 aliphatic heterocycles. The van der Waals surface area contributed by atoms with E-state index in [2.05, 4.69) is 4.72 Å². The van der Waals surface area contributed by atoms with Crippen molar-refractivity contribution in [1.82, 2.24) is 9.55 Å². The van der Waals surface area contributed by atoms with Crippen LogP contribution < -0.4 is 16.0 Å². The van der Waals surface area contributed by atoms with E-state index in [1.807, 2.05) is 11.9 Å². The van der Waals surface area contributed by atoms with Crippen LogP contribution in [-0.4, -0.2) is 18.0 Å². The molecule has 1 aromatic heterocycles. The summed E-state index contributed by atoms with van der Waals surface area (Å²) in [5.74, 6) is 0. The number of aryl methyl sites for hydroxylation is 1. The van der Waals surface area contributed by atoms with E-state index in [0.29, 0.717) is 18.7 Å². The number of nitrogens with zero attached hydrogens (tertiary/aromatic N) is 1. The first-order chi connectivity index (χ1) is 10.4. The molecular weight excluding hydrogens is 306 g/mol. The number of hydrogen-bond donors (Lipinski definition) is 2. The summed E-state index contributed by atoms with van der Waals surface area (Å²) in [6.07, 6.45) is 2.63.